The van der Waals surface area contributed by atoms with Crippen LogP contribution in [0.25, 0.3) is 11.1 Å². The third-order valence-corrected chi connectivity index (χ3v) is 14.1. The molecule has 5 N–H and O–H groups in total. The molecule has 1 fully saturated rings. The summed E-state index contributed by atoms with van der Waals surface area (Å²) in [5.74, 6) is -0.924. The summed E-state index contributed by atoms with van der Waals surface area (Å²) in [6.45, 7) is 0.974. The van der Waals surface area contributed by atoms with Gasteiger partial charge in [-0.05, 0) is 107 Å². The smallest absolute Gasteiger partial charge is 0.408 e. The molecule has 2 aliphatic heterocycles. The van der Waals surface area contributed by atoms with Crippen LogP contribution in [0.5, 0.6) is 11.5 Å². The Bertz CT molecular complexity index is 2990. The predicted octanol–water partition coefficient (Wildman–Crippen LogP) is 8.96. The van der Waals surface area contributed by atoms with Crippen LogP contribution in [0, 0.1) is 0 Å². The Labute approximate surface area is 460 Å². The van der Waals surface area contributed by atoms with Gasteiger partial charge in [-0.15, -0.1) is 0 Å². The number of likely N-dealkylation sites (tertiary alicyclic amines) is 1. The Hall–Kier alpha value is -8.86. The monoisotopic (exact) mass is 1070 g/mol. The molecule has 0 aromatic heterocycles. The maximum atomic E-state index is 15.3. The van der Waals surface area contributed by atoms with E-state index >= 15 is 9.59 Å². The minimum atomic E-state index is -1.33. The van der Waals surface area contributed by atoms with Crippen LogP contribution >= 0.6 is 0 Å². The number of fused-ring (bicyclic) bond motifs is 5. The van der Waals surface area contributed by atoms with E-state index in [1.165, 1.54) is 16.8 Å². The van der Waals surface area contributed by atoms with Crippen LogP contribution < -0.4 is 30.7 Å². The van der Waals surface area contributed by atoms with Crippen molar-refractivity contribution in [2.45, 2.75) is 102 Å². The minimum absolute atomic E-state index is 0.0120. The first-order valence-corrected chi connectivity index (χ1v) is 26.8. The number of hydrogen-bond donors (Lipinski definition) is 5. The number of carboxylic acid groups (broad SMARTS) is 1. The van der Waals surface area contributed by atoms with Crippen molar-refractivity contribution in [3.63, 3.8) is 0 Å². The van der Waals surface area contributed by atoms with Crippen molar-refractivity contribution in [3.05, 3.63) is 191 Å². The Morgan fingerprint density at radius 3 is 1.67 bits per heavy atom. The fraction of sp³-hybridized carbons (Fsp3) is 0.323. The lowest BCUT2D eigenvalue weighted by molar-refractivity contribution is -0.142. The third-order valence-electron chi connectivity index (χ3n) is 14.1. The van der Waals surface area contributed by atoms with Crippen molar-refractivity contribution in [1.82, 2.24) is 31.1 Å². The number of piperidine rings is 1. The quantitative estimate of drug-likeness (QED) is 0.0483. The summed E-state index contributed by atoms with van der Waals surface area (Å²) in [5, 5.41) is 21.4. The van der Waals surface area contributed by atoms with Gasteiger partial charge >= 0.3 is 18.3 Å². The number of benzene rings is 6. The van der Waals surface area contributed by atoms with Gasteiger partial charge in [-0.25, -0.2) is 14.4 Å². The third kappa shape index (κ3) is 16.6. The molecule has 2 aliphatic rings. The van der Waals surface area contributed by atoms with Crippen LogP contribution in [-0.2, 0) is 63.1 Å². The molecule has 0 saturated carbocycles. The van der Waals surface area contributed by atoms with E-state index in [4.69, 9.17) is 18.9 Å². The molecule has 8 rings (SSSR count). The Kier molecular flexibility index (Phi) is 20.3. The number of ether oxygens (including phenoxy) is 4. The van der Waals surface area contributed by atoms with Gasteiger partial charge < -0.3 is 55.1 Å². The minimum Gasteiger partial charge on any atom is -0.489 e. The first-order chi connectivity index (χ1) is 38.5. The van der Waals surface area contributed by atoms with E-state index in [9.17, 15) is 24.3 Å². The zero-order valence-corrected chi connectivity index (χ0v) is 44.4. The van der Waals surface area contributed by atoms with E-state index in [1.807, 2.05) is 146 Å². The highest BCUT2D eigenvalue weighted by atomic mass is 16.6. The van der Waals surface area contributed by atoms with E-state index in [0.29, 0.717) is 42.0 Å². The lowest BCUT2D eigenvalue weighted by atomic mass is 9.95. The van der Waals surface area contributed by atoms with Crippen LogP contribution in [0.3, 0.4) is 0 Å². The number of alkyl carbamates (subject to hydrolysis) is 2. The second-order valence-electron chi connectivity index (χ2n) is 19.7. The molecule has 2 heterocycles. The zero-order valence-electron chi connectivity index (χ0n) is 44.4. The molecule has 6 aromatic carbocycles. The second kappa shape index (κ2) is 28.5. The van der Waals surface area contributed by atoms with Gasteiger partial charge in [0.05, 0.1) is 0 Å². The standard InChI is InChI=1S/C62H68N6O11/c1-67-54(58(70)63-33-31-51-25-14-15-34-68(51)62(74)75)38-50-36-48(28-30-56(50)77-40-44-19-8-3-9-20-44)47-27-29-55(76-39-43-17-6-2-7-18-43)49(35-47)37-53(66-61(73)79-42-46-23-12-5-13-24-46)57(69)65-52(59(67)71)26-16-32-64-60(72)78-41-45-21-10-4-11-22-45/h2-13,17-24,27-30,35-36,51-54H,14-16,25-26,31-34,37-42H2,1H3,(H,63,70)(H,64,72)(H,65,69)(H,66,73)(H,74,75)/t51?,52-,53-,54-/m0/s1. The van der Waals surface area contributed by atoms with Crippen molar-refractivity contribution in [2.24, 2.45) is 0 Å². The largest absolute Gasteiger partial charge is 0.489 e. The molecule has 1 unspecified atom stereocenters. The fourth-order valence-corrected chi connectivity index (χ4v) is 9.77. The number of amides is 6. The number of likely N-dealkylation sites (N-methyl/N-ethyl adjacent to an activating group) is 1. The number of carbonyl (C=O) groups excluding carboxylic acids is 5. The fourth-order valence-electron chi connectivity index (χ4n) is 9.77. The van der Waals surface area contributed by atoms with E-state index in [2.05, 4.69) is 21.3 Å². The van der Waals surface area contributed by atoms with Gasteiger partial charge in [0.25, 0.3) is 0 Å². The normalized spacial score (nSPS) is 17.4. The van der Waals surface area contributed by atoms with Crippen molar-refractivity contribution < 1.29 is 52.8 Å². The first kappa shape index (κ1) is 56.3. The Morgan fingerprint density at radius 2 is 1.13 bits per heavy atom. The lowest BCUT2D eigenvalue weighted by Gasteiger charge is -2.34. The Balaban J connectivity index is 1.16. The molecule has 17 nitrogen and oxygen atoms in total. The molecule has 17 heteroatoms. The number of hydrogen-bond acceptors (Lipinski definition) is 10. The number of nitrogens with one attached hydrogen (secondary N) is 4. The molecule has 1 saturated heterocycles. The van der Waals surface area contributed by atoms with Gasteiger partial charge in [-0.2, -0.15) is 0 Å². The summed E-state index contributed by atoms with van der Waals surface area (Å²) in [5.41, 5.74) is 5.98. The summed E-state index contributed by atoms with van der Waals surface area (Å²) in [6.07, 6.45) is 0.0956. The van der Waals surface area contributed by atoms with Crippen molar-refractivity contribution in [2.75, 3.05) is 26.7 Å². The zero-order chi connectivity index (χ0) is 55.3. The van der Waals surface area contributed by atoms with Gasteiger partial charge in [-0.3, -0.25) is 14.4 Å². The Morgan fingerprint density at radius 1 is 0.608 bits per heavy atom. The second-order valence-corrected chi connectivity index (χ2v) is 19.7. The molecule has 0 aliphatic carbocycles. The van der Waals surface area contributed by atoms with Crippen LogP contribution in [0.2, 0.25) is 0 Å². The van der Waals surface area contributed by atoms with Gasteiger partial charge in [0.1, 0.15) is 56.1 Å². The van der Waals surface area contributed by atoms with E-state index in [1.54, 1.807) is 12.1 Å². The average molecular weight is 1070 g/mol. The summed E-state index contributed by atoms with van der Waals surface area (Å²) >= 11 is 0. The highest BCUT2D eigenvalue weighted by Gasteiger charge is 2.36. The first-order valence-electron chi connectivity index (χ1n) is 26.8. The molecule has 6 aromatic rings. The van der Waals surface area contributed by atoms with Crippen LogP contribution in [0.4, 0.5) is 14.4 Å². The van der Waals surface area contributed by atoms with Crippen LogP contribution in [0.1, 0.15) is 71.9 Å². The van der Waals surface area contributed by atoms with Crippen LogP contribution in [0.15, 0.2) is 158 Å². The SMILES string of the molecule is CN1C(=O)[C@H](CCCNC(=O)OCc2ccccc2)NC(=O)[C@@H](NC(=O)OCc2ccccc2)Cc2cc(ccc2OCc2ccccc2)-c2ccc(OCc3ccccc3)c(c2)C[C@H]1C(=O)NCCC1CCCCN1C(=O)O. The van der Waals surface area contributed by atoms with Crippen LogP contribution in [-0.4, -0.2) is 102 Å². The van der Waals surface area contributed by atoms with E-state index < -0.39 is 54.1 Å². The van der Waals surface area contributed by atoms with Gasteiger partial charge in [-0.1, -0.05) is 133 Å². The summed E-state index contributed by atoms with van der Waals surface area (Å²) in [7, 11) is 1.50. The molecule has 0 spiro atoms. The predicted molar refractivity (Wildman–Crippen MR) is 297 cm³/mol. The molecular weight excluding hydrogens is 1000 g/mol. The molecular formula is C62H68N6O11. The summed E-state index contributed by atoms with van der Waals surface area (Å²) < 4.78 is 24.1. The van der Waals surface area contributed by atoms with Crippen molar-refractivity contribution in [1.29, 1.82) is 0 Å². The van der Waals surface area contributed by atoms with Gasteiger partial charge in [0.2, 0.25) is 17.7 Å². The topological polar surface area (TPSA) is 214 Å². The maximum absolute atomic E-state index is 15.3. The van der Waals surface area contributed by atoms with Crippen molar-refractivity contribution in [3.8, 4) is 22.6 Å². The molecule has 4 atom stereocenters. The number of nitrogens with zero attached hydrogens (tertiary/aromatic N) is 2. The highest BCUT2D eigenvalue weighted by Crippen LogP contribution is 2.34. The molecule has 6 amide bonds. The molecule has 0 radical (unpaired) electrons. The molecule has 79 heavy (non-hydrogen) atoms. The average Bonchev–Trinajstić information content (AvgIpc) is 3.48. The summed E-state index contributed by atoms with van der Waals surface area (Å²) in [6, 6.07) is 44.7. The van der Waals surface area contributed by atoms with E-state index in [-0.39, 0.29) is 71.2 Å². The molecule has 4 bridgehead atoms. The number of carbonyl (C=O) groups is 6. The van der Waals surface area contributed by atoms with Crippen molar-refractivity contribution >= 4 is 36.0 Å². The van der Waals surface area contributed by atoms with Gasteiger partial charge in [0, 0.05) is 45.6 Å². The number of rotatable bonds is 19. The highest BCUT2D eigenvalue weighted by molar-refractivity contribution is 5.94. The lowest BCUT2D eigenvalue weighted by Crippen LogP contribution is -2.58. The molecule has 412 valence electrons. The summed E-state index contributed by atoms with van der Waals surface area (Å²) in [4.78, 5) is 86.7. The maximum Gasteiger partial charge on any atom is 0.408 e. The van der Waals surface area contributed by atoms with Gasteiger partial charge in [0.15, 0.2) is 0 Å². The van der Waals surface area contributed by atoms with E-state index in [0.717, 1.165) is 46.2 Å².